The maximum atomic E-state index is 13.6. The average molecular weight is 228 g/mol. The number of halogens is 2. The average Bonchev–Trinajstić information content (AvgIpc) is 2.92. The van der Waals surface area contributed by atoms with Crippen molar-refractivity contribution in [2.75, 3.05) is 7.11 Å². The number of methoxy groups -OCH3 is 1. The summed E-state index contributed by atoms with van der Waals surface area (Å²) in [5, 5.41) is 9.66. The third-order valence-electron chi connectivity index (χ3n) is 2.86. The quantitative estimate of drug-likeness (QED) is 0.855. The highest BCUT2D eigenvalue weighted by Gasteiger charge is 2.40. The molecule has 1 N–H and O–H groups in total. The first-order valence-corrected chi connectivity index (χ1v) is 5.22. The van der Waals surface area contributed by atoms with Crippen LogP contribution in [0.15, 0.2) is 12.1 Å². The standard InChI is InChI=1S/C12H14F2O2/c1-16-7-9-5-10(13)8(4-11(9)14)6-12(15)2-3-12/h4-5,15H,2-3,6-7H2,1H3. The second-order valence-corrected chi connectivity index (χ2v) is 4.37. The molecule has 16 heavy (non-hydrogen) atoms. The van der Waals surface area contributed by atoms with Crippen molar-refractivity contribution < 1.29 is 18.6 Å². The van der Waals surface area contributed by atoms with Crippen LogP contribution in [0.25, 0.3) is 0 Å². The first kappa shape index (κ1) is 11.5. The Bertz CT molecular complexity index is 400. The van der Waals surface area contributed by atoms with Crippen molar-refractivity contribution in [2.24, 2.45) is 0 Å². The Hall–Kier alpha value is -1.00. The molecule has 1 fully saturated rings. The molecule has 0 saturated heterocycles. The SMILES string of the molecule is COCc1cc(F)c(CC2(O)CC2)cc1F. The van der Waals surface area contributed by atoms with Gasteiger partial charge in [0.15, 0.2) is 0 Å². The number of aliphatic hydroxyl groups is 1. The monoisotopic (exact) mass is 228 g/mol. The Morgan fingerprint density at radius 3 is 2.38 bits per heavy atom. The molecule has 1 aromatic carbocycles. The summed E-state index contributed by atoms with van der Waals surface area (Å²) >= 11 is 0. The molecule has 0 unspecified atom stereocenters. The summed E-state index contributed by atoms with van der Waals surface area (Å²) in [5.41, 5.74) is -0.375. The highest BCUT2D eigenvalue weighted by molar-refractivity contribution is 5.28. The molecule has 0 spiro atoms. The summed E-state index contributed by atoms with van der Waals surface area (Å²) in [5.74, 6) is -0.962. The molecular formula is C12H14F2O2. The van der Waals surface area contributed by atoms with Gasteiger partial charge in [0.1, 0.15) is 11.6 Å². The van der Waals surface area contributed by atoms with E-state index in [4.69, 9.17) is 4.74 Å². The Morgan fingerprint density at radius 1 is 1.25 bits per heavy atom. The van der Waals surface area contributed by atoms with Crippen LogP contribution in [0.4, 0.5) is 8.78 Å². The number of benzene rings is 1. The zero-order valence-electron chi connectivity index (χ0n) is 9.09. The predicted molar refractivity (Wildman–Crippen MR) is 55.0 cm³/mol. The van der Waals surface area contributed by atoms with Crippen molar-refractivity contribution in [3.05, 3.63) is 34.9 Å². The molecule has 0 radical (unpaired) electrons. The number of hydrogen-bond donors (Lipinski definition) is 1. The minimum atomic E-state index is -0.809. The predicted octanol–water partition coefficient (Wildman–Crippen LogP) is 2.18. The van der Waals surface area contributed by atoms with Gasteiger partial charge in [-0.2, -0.15) is 0 Å². The Labute approximate surface area is 92.9 Å². The Kier molecular flexibility index (Phi) is 2.95. The van der Waals surface area contributed by atoms with Crippen LogP contribution in [0.3, 0.4) is 0 Å². The molecule has 88 valence electrons. The van der Waals surface area contributed by atoms with Crippen molar-refractivity contribution in [2.45, 2.75) is 31.5 Å². The highest BCUT2D eigenvalue weighted by atomic mass is 19.1. The van der Waals surface area contributed by atoms with Gasteiger partial charge in [-0.1, -0.05) is 0 Å². The molecule has 0 bridgehead atoms. The normalized spacial score (nSPS) is 17.5. The van der Waals surface area contributed by atoms with Crippen LogP contribution < -0.4 is 0 Å². The summed E-state index contributed by atoms with van der Waals surface area (Å²) in [6.45, 7) is 0.0489. The molecule has 1 aliphatic carbocycles. The van der Waals surface area contributed by atoms with Crippen LogP contribution in [0.5, 0.6) is 0 Å². The maximum absolute atomic E-state index is 13.6. The van der Waals surface area contributed by atoms with Crippen molar-refractivity contribution >= 4 is 0 Å². The van der Waals surface area contributed by atoms with Gasteiger partial charge in [-0.15, -0.1) is 0 Å². The van der Waals surface area contributed by atoms with Gasteiger partial charge in [0.05, 0.1) is 12.2 Å². The van der Waals surface area contributed by atoms with E-state index < -0.39 is 17.2 Å². The lowest BCUT2D eigenvalue weighted by molar-refractivity contribution is 0.149. The third-order valence-corrected chi connectivity index (χ3v) is 2.86. The van der Waals surface area contributed by atoms with Crippen molar-refractivity contribution in [3.63, 3.8) is 0 Å². The van der Waals surface area contributed by atoms with E-state index in [1.807, 2.05) is 0 Å². The molecule has 1 aromatic rings. The summed E-state index contributed by atoms with van der Waals surface area (Å²) in [4.78, 5) is 0. The molecule has 0 atom stereocenters. The lowest BCUT2D eigenvalue weighted by atomic mass is 10.0. The number of ether oxygens (including phenoxy) is 1. The summed E-state index contributed by atoms with van der Waals surface area (Å²) in [7, 11) is 1.43. The van der Waals surface area contributed by atoms with Gasteiger partial charge in [0.2, 0.25) is 0 Å². The lowest BCUT2D eigenvalue weighted by Crippen LogP contribution is -2.12. The molecule has 1 saturated carbocycles. The van der Waals surface area contributed by atoms with E-state index in [1.165, 1.54) is 7.11 Å². The van der Waals surface area contributed by atoms with Crippen molar-refractivity contribution in [1.82, 2.24) is 0 Å². The smallest absolute Gasteiger partial charge is 0.129 e. The second kappa shape index (κ2) is 4.11. The Balaban J connectivity index is 2.23. The fourth-order valence-corrected chi connectivity index (χ4v) is 1.71. The van der Waals surface area contributed by atoms with Crippen molar-refractivity contribution in [3.8, 4) is 0 Å². The van der Waals surface area contributed by atoms with Gasteiger partial charge < -0.3 is 9.84 Å². The van der Waals surface area contributed by atoms with E-state index in [-0.39, 0.29) is 24.2 Å². The van der Waals surface area contributed by atoms with Gasteiger partial charge in [0, 0.05) is 19.1 Å². The van der Waals surface area contributed by atoms with Gasteiger partial charge in [0.25, 0.3) is 0 Å². The molecule has 2 nitrogen and oxygen atoms in total. The fourth-order valence-electron chi connectivity index (χ4n) is 1.71. The molecular weight excluding hydrogens is 214 g/mol. The lowest BCUT2D eigenvalue weighted by Gasteiger charge is -2.10. The van der Waals surface area contributed by atoms with Crippen LogP contribution in [0, 0.1) is 11.6 Å². The van der Waals surface area contributed by atoms with E-state index in [1.54, 1.807) is 0 Å². The van der Waals surface area contributed by atoms with E-state index in [9.17, 15) is 13.9 Å². The molecule has 1 aliphatic rings. The minimum Gasteiger partial charge on any atom is -0.390 e. The molecule has 0 amide bonds. The molecule has 0 heterocycles. The van der Waals surface area contributed by atoms with Gasteiger partial charge in [-0.05, 0) is 30.5 Å². The summed E-state index contributed by atoms with van der Waals surface area (Å²) < 4.78 is 31.8. The first-order valence-electron chi connectivity index (χ1n) is 5.22. The first-order chi connectivity index (χ1) is 7.54. The van der Waals surface area contributed by atoms with Crippen LogP contribution in [-0.4, -0.2) is 17.8 Å². The second-order valence-electron chi connectivity index (χ2n) is 4.37. The molecule has 0 aromatic heterocycles. The van der Waals surface area contributed by atoms with Crippen LogP contribution in [0.2, 0.25) is 0 Å². The third kappa shape index (κ3) is 2.39. The summed E-state index contributed by atoms with van der Waals surface area (Å²) in [6.07, 6.45) is 1.50. The van der Waals surface area contributed by atoms with Gasteiger partial charge >= 0.3 is 0 Å². The number of hydrogen-bond acceptors (Lipinski definition) is 2. The van der Waals surface area contributed by atoms with Crippen LogP contribution >= 0.6 is 0 Å². The zero-order valence-corrected chi connectivity index (χ0v) is 9.09. The van der Waals surface area contributed by atoms with Gasteiger partial charge in [-0.25, -0.2) is 8.78 Å². The number of rotatable bonds is 4. The van der Waals surface area contributed by atoms with Crippen molar-refractivity contribution in [1.29, 1.82) is 0 Å². The fraction of sp³-hybridized carbons (Fsp3) is 0.500. The van der Waals surface area contributed by atoms with E-state index >= 15 is 0 Å². The van der Waals surface area contributed by atoms with Crippen LogP contribution in [0.1, 0.15) is 24.0 Å². The maximum Gasteiger partial charge on any atom is 0.129 e. The van der Waals surface area contributed by atoms with E-state index in [2.05, 4.69) is 0 Å². The van der Waals surface area contributed by atoms with E-state index in [0.29, 0.717) is 12.8 Å². The zero-order chi connectivity index (χ0) is 11.8. The minimum absolute atomic E-state index is 0.0489. The Morgan fingerprint density at radius 2 is 1.81 bits per heavy atom. The topological polar surface area (TPSA) is 29.5 Å². The van der Waals surface area contributed by atoms with Crippen LogP contribution in [-0.2, 0) is 17.8 Å². The van der Waals surface area contributed by atoms with Gasteiger partial charge in [-0.3, -0.25) is 0 Å². The largest absolute Gasteiger partial charge is 0.390 e. The molecule has 0 aliphatic heterocycles. The summed E-state index contributed by atoms with van der Waals surface area (Å²) in [6, 6.07) is 2.29. The molecule has 4 heteroatoms. The highest BCUT2D eigenvalue weighted by Crippen LogP contribution is 2.38. The molecule has 2 rings (SSSR count). The van der Waals surface area contributed by atoms with E-state index in [0.717, 1.165) is 12.1 Å².